The number of fused-ring (bicyclic) bond motifs is 7. The van der Waals surface area contributed by atoms with Crippen molar-refractivity contribution in [2.75, 3.05) is 14.2 Å². The Bertz CT molecular complexity index is 1050. The number of amides is 1. The Hall–Kier alpha value is -3.35. The number of carbonyl (C=O) groups excluding carboxylic acids is 3. The van der Waals surface area contributed by atoms with Crippen LogP contribution in [0.4, 0.5) is 4.79 Å². The second-order valence-electron chi connectivity index (χ2n) is 9.72. The minimum absolute atomic E-state index is 0.0213. The normalized spacial score (nSPS) is 18.5. The number of nitrogens with zero attached hydrogens (tertiary/aromatic N) is 1. The minimum atomic E-state index is -0.766. The maximum Gasteiger partial charge on any atom is 0.410 e. The van der Waals surface area contributed by atoms with Crippen molar-refractivity contribution in [2.45, 2.75) is 58.6 Å². The van der Waals surface area contributed by atoms with Gasteiger partial charge >= 0.3 is 6.09 Å². The van der Waals surface area contributed by atoms with E-state index in [9.17, 15) is 14.4 Å². The average Bonchev–Trinajstić information content (AvgIpc) is 2.76. The molecule has 7 nitrogen and oxygen atoms in total. The van der Waals surface area contributed by atoms with E-state index < -0.39 is 23.7 Å². The SMILES string of the molecule is COc1ccc2cc1Oc1ccc(cc1)C[C@H](N(C)C(=O)OC(C)(C)C)C(=O)C[C@H](C(C)=O)C2. The highest BCUT2D eigenvalue weighted by atomic mass is 16.6. The summed E-state index contributed by atoms with van der Waals surface area (Å²) in [6.07, 6.45) is 0.120. The van der Waals surface area contributed by atoms with Crippen LogP contribution in [0.2, 0.25) is 0 Å². The van der Waals surface area contributed by atoms with Crippen LogP contribution in [0.25, 0.3) is 0 Å². The third-order valence-corrected chi connectivity index (χ3v) is 5.83. The first kappa shape index (κ1) is 25.3. The number of Topliss-reactive ketones (excluding diaryl/α,β-unsaturated/α-hetero) is 2. The molecular weight excluding hydrogens is 434 g/mol. The molecule has 2 aromatic rings. The molecule has 2 aromatic carbocycles. The van der Waals surface area contributed by atoms with Gasteiger partial charge in [0, 0.05) is 25.8 Å². The van der Waals surface area contributed by atoms with E-state index >= 15 is 0 Å². The fraction of sp³-hybridized carbons (Fsp3) is 0.444. The maximum absolute atomic E-state index is 13.5. The zero-order chi connectivity index (χ0) is 25.0. The van der Waals surface area contributed by atoms with Crippen LogP contribution in [-0.4, -0.2) is 48.4 Å². The molecule has 0 saturated heterocycles. The van der Waals surface area contributed by atoms with Crippen LogP contribution >= 0.6 is 0 Å². The van der Waals surface area contributed by atoms with Crippen molar-refractivity contribution >= 4 is 17.7 Å². The smallest absolute Gasteiger partial charge is 0.410 e. The summed E-state index contributed by atoms with van der Waals surface area (Å²) in [4.78, 5) is 40.1. The Morgan fingerprint density at radius 2 is 1.65 bits per heavy atom. The second-order valence-corrected chi connectivity index (χ2v) is 9.72. The Kier molecular flexibility index (Phi) is 7.64. The molecule has 2 heterocycles. The zero-order valence-electron chi connectivity index (χ0n) is 20.7. The van der Waals surface area contributed by atoms with Crippen molar-refractivity contribution in [1.29, 1.82) is 0 Å². The van der Waals surface area contributed by atoms with E-state index in [1.54, 1.807) is 41.0 Å². The van der Waals surface area contributed by atoms with Crippen LogP contribution < -0.4 is 9.47 Å². The fourth-order valence-corrected chi connectivity index (χ4v) is 3.92. The highest BCUT2D eigenvalue weighted by molar-refractivity contribution is 5.92. The summed E-state index contributed by atoms with van der Waals surface area (Å²) >= 11 is 0. The molecule has 1 amide bonds. The summed E-state index contributed by atoms with van der Waals surface area (Å²) in [5.74, 6) is 0.950. The summed E-state index contributed by atoms with van der Waals surface area (Å²) in [6, 6.07) is 12.1. The van der Waals surface area contributed by atoms with E-state index in [-0.39, 0.29) is 18.0 Å². The van der Waals surface area contributed by atoms with Gasteiger partial charge in [0.15, 0.2) is 17.3 Å². The molecule has 182 valence electrons. The van der Waals surface area contributed by atoms with Crippen molar-refractivity contribution in [3.8, 4) is 17.2 Å². The third-order valence-electron chi connectivity index (χ3n) is 5.83. The number of ether oxygens (including phenoxy) is 3. The lowest BCUT2D eigenvalue weighted by Crippen LogP contribution is -2.46. The van der Waals surface area contributed by atoms with E-state index in [1.807, 2.05) is 36.4 Å². The molecule has 0 spiro atoms. The molecule has 0 unspecified atom stereocenters. The molecule has 0 aromatic heterocycles. The molecule has 34 heavy (non-hydrogen) atoms. The van der Waals surface area contributed by atoms with Crippen molar-refractivity contribution in [2.24, 2.45) is 5.92 Å². The number of ketones is 2. The summed E-state index contributed by atoms with van der Waals surface area (Å²) in [5.41, 5.74) is 1.02. The van der Waals surface area contributed by atoms with Gasteiger partial charge in [-0.15, -0.1) is 0 Å². The predicted octanol–water partition coefficient (Wildman–Crippen LogP) is 4.99. The second kappa shape index (κ2) is 10.3. The van der Waals surface area contributed by atoms with E-state index in [1.165, 1.54) is 11.8 Å². The number of methoxy groups -OCH3 is 1. The number of likely N-dealkylation sites (N-methyl/N-ethyl adjacent to an activating group) is 1. The summed E-state index contributed by atoms with van der Waals surface area (Å²) in [7, 11) is 3.14. The number of hydrogen-bond acceptors (Lipinski definition) is 6. The van der Waals surface area contributed by atoms with E-state index in [4.69, 9.17) is 14.2 Å². The monoisotopic (exact) mass is 467 g/mol. The van der Waals surface area contributed by atoms with Gasteiger partial charge in [0.1, 0.15) is 17.1 Å². The lowest BCUT2D eigenvalue weighted by molar-refractivity contribution is -0.129. The average molecular weight is 468 g/mol. The lowest BCUT2D eigenvalue weighted by atomic mass is 9.87. The molecule has 2 aliphatic rings. The Labute approximate surface area is 201 Å². The van der Waals surface area contributed by atoms with Gasteiger partial charge in [-0.2, -0.15) is 0 Å². The van der Waals surface area contributed by atoms with Gasteiger partial charge in [-0.3, -0.25) is 9.59 Å². The zero-order valence-corrected chi connectivity index (χ0v) is 20.7. The van der Waals surface area contributed by atoms with Crippen LogP contribution in [0.15, 0.2) is 42.5 Å². The quantitative estimate of drug-likeness (QED) is 0.633. The Morgan fingerprint density at radius 3 is 2.24 bits per heavy atom. The molecule has 2 atom stereocenters. The number of carbonyl (C=O) groups is 3. The van der Waals surface area contributed by atoms with Crippen molar-refractivity contribution < 1.29 is 28.6 Å². The van der Waals surface area contributed by atoms with Gasteiger partial charge in [-0.1, -0.05) is 18.2 Å². The van der Waals surface area contributed by atoms with Gasteiger partial charge in [0.05, 0.1) is 13.2 Å². The van der Waals surface area contributed by atoms with Gasteiger partial charge < -0.3 is 19.1 Å². The Balaban J connectivity index is 2.01. The molecule has 0 N–H and O–H groups in total. The molecular formula is C27H33NO6. The first-order valence-electron chi connectivity index (χ1n) is 11.4. The first-order chi connectivity index (χ1) is 16.0. The van der Waals surface area contributed by atoms with Gasteiger partial charge in [0.25, 0.3) is 0 Å². The van der Waals surface area contributed by atoms with Crippen molar-refractivity contribution in [3.63, 3.8) is 0 Å². The fourth-order valence-electron chi connectivity index (χ4n) is 3.92. The van der Waals surface area contributed by atoms with Crippen LogP contribution in [0.3, 0.4) is 0 Å². The standard InChI is InChI=1S/C27H33NO6/c1-17(29)20-13-19-9-12-24(32-6)25(15-19)33-21-10-7-18(8-11-21)14-22(23(30)16-20)28(5)26(31)34-27(2,3)4/h7-12,15,20,22H,13-14,16H2,1-6H3/t20-,22+/m1/s1. The summed E-state index contributed by atoms with van der Waals surface area (Å²) < 4.78 is 17.0. The molecule has 4 rings (SSSR count). The van der Waals surface area contributed by atoms with Crippen LogP contribution in [-0.2, 0) is 27.2 Å². The molecule has 2 aliphatic heterocycles. The van der Waals surface area contributed by atoms with Crippen molar-refractivity contribution in [3.05, 3.63) is 53.6 Å². The largest absolute Gasteiger partial charge is 0.493 e. The maximum atomic E-state index is 13.5. The molecule has 7 heteroatoms. The molecule has 0 aliphatic carbocycles. The highest BCUT2D eigenvalue weighted by Crippen LogP contribution is 2.34. The topological polar surface area (TPSA) is 82.1 Å². The first-order valence-corrected chi connectivity index (χ1v) is 11.4. The number of rotatable bonds is 3. The summed E-state index contributed by atoms with van der Waals surface area (Å²) in [5, 5.41) is 0. The molecule has 0 fully saturated rings. The number of benzene rings is 2. The molecule has 0 saturated carbocycles. The van der Waals surface area contributed by atoms with Crippen LogP contribution in [0.5, 0.6) is 17.2 Å². The van der Waals surface area contributed by atoms with E-state index in [0.717, 1.165) is 11.1 Å². The number of hydrogen-bond donors (Lipinski definition) is 0. The van der Waals surface area contributed by atoms with E-state index in [2.05, 4.69) is 0 Å². The minimum Gasteiger partial charge on any atom is -0.493 e. The Morgan fingerprint density at radius 1 is 1.00 bits per heavy atom. The predicted molar refractivity (Wildman–Crippen MR) is 128 cm³/mol. The third kappa shape index (κ3) is 6.37. The van der Waals surface area contributed by atoms with Gasteiger partial charge in [-0.05, 0) is 69.5 Å². The van der Waals surface area contributed by atoms with Crippen molar-refractivity contribution in [1.82, 2.24) is 4.90 Å². The lowest BCUT2D eigenvalue weighted by Gasteiger charge is -2.31. The van der Waals surface area contributed by atoms with Gasteiger partial charge in [-0.25, -0.2) is 4.79 Å². The van der Waals surface area contributed by atoms with Gasteiger partial charge in [0.2, 0.25) is 0 Å². The molecule has 4 bridgehead atoms. The van der Waals surface area contributed by atoms with Crippen LogP contribution in [0, 0.1) is 5.92 Å². The summed E-state index contributed by atoms with van der Waals surface area (Å²) in [6.45, 7) is 6.83. The molecule has 0 radical (unpaired) electrons. The van der Waals surface area contributed by atoms with E-state index in [0.29, 0.717) is 30.1 Å². The van der Waals surface area contributed by atoms with Crippen LogP contribution in [0.1, 0.15) is 45.2 Å². The highest BCUT2D eigenvalue weighted by Gasteiger charge is 2.32.